The fourth-order valence-electron chi connectivity index (χ4n) is 1.36. The number of halogens is 1. The number of pyridine rings is 1. The lowest BCUT2D eigenvalue weighted by Gasteiger charge is -2.04. The van der Waals surface area contributed by atoms with Crippen LogP contribution in [0.4, 0.5) is 0 Å². The second kappa shape index (κ2) is 5.14. The molecule has 2 aromatic rings. The highest BCUT2D eigenvalue weighted by Crippen LogP contribution is 2.15. The molecule has 2 heterocycles. The molecule has 2 aromatic heterocycles. The van der Waals surface area contributed by atoms with E-state index < -0.39 is 0 Å². The van der Waals surface area contributed by atoms with Crippen LogP contribution >= 0.6 is 11.6 Å². The van der Waals surface area contributed by atoms with Crippen LogP contribution in [0.3, 0.4) is 0 Å². The zero-order chi connectivity index (χ0) is 13.1. The van der Waals surface area contributed by atoms with Gasteiger partial charge in [-0.15, -0.1) is 0 Å². The number of hydrogen-bond acceptors (Lipinski definition) is 5. The van der Waals surface area contributed by atoms with Crippen molar-refractivity contribution in [1.29, 1.82) is 0 Å². The molecule has 2 rings (SSSR count). The Hall–Kier alpha value is -1.95. The van der Waals surface area contributed by atoms with E-state index in [0.29, 0.717) is 22.3 Å². The van der Waals surface area contributed by atoms with Gasteiger partial charge in [0.05, 0.1) is 17.1 Å². The zero-order valence-electron chi connectivity index (χ0n) is 9.90. The van der Waals surface area contributed by atoms with Crippen molar-refractivity contribution in [3.63, 3.8) is 0 Å². The van der Waals surface area contributed by atoms with Crippen LogP contribution in [-0.4, -0.2) is 21.0 Å². The molecule has 18 heavy (non-hydrogen) atoms. The molecule has 7 heteroatoms. The molecule has 0 aromatic carbocycles. The van der Waals surface area contributed by atoms with Crippen molar-refractivity contribution in [3.05, 3.63) is 40.3 Å². The minimum atomic E-state index is -0.324. The predicted molar refractivity (Wildman–Crippen MR) is 64.2 cm³/mol. The first-order valence-electron chi connectivity index (χ1n) is 5.26. The average molecular weight is 267 g/mol. The van der Waals surface area contributed by atoms with Crippen LogP contribution in [0.5, 0.6) is 0 Å². The first-order chi connectivity index (χ1) is 8.56. The molecule has 0 saturated carbocycles. The third-order valence-corrected chi connectivity index (χ3v) is 2.52. The van der Waals surface area contributed by atoms with E-state index >= 15 is 0 Å². The SMILES string of the molecule is Cc1cc(Cl)c(C(=O)NCc2noc(C)n2)cn1. The minimum Gasteiger partial charge on any atom is -0.345 e. The Kier molecular flexibility index (Phi) is 3.57. The van der Waals surface area contributed by atoms with E-state index in [9.17, 15) is 4.79 Å². The molecule has 1 amide bonds. The minimum absolute atomic E-state index is 0.181. The lowest BCUT2D eigenvalue weighted by atomic mass is 10.2. The van der Waals surface area contributed by atoms with Crippen LogP contribution in [0.25, 0.3) is 0 Å². The highest BCUT2D eigenvalue weighted by molar-refractivity contribution is 6.33. The highest BCUT2D eigenvalue weighted by Gasteiger charge is 2.12. The molecular weight excluding hydrogens is 256 g/mol. The van der Waals surface area contributed by atoms with E-state index in [1.807, 2.05) is 0 Å². The van der Waals surface area contributed by atoms with E-state index in [1.165, 1.54) is 6.20 Å². The number of carbonyl (C=O) groups excluding carboxylic acids is 1. The van der Waals surface area contributed by atoms with Crippen molar-refractivity contribution in [1.82, 2.24) is 20.4 Å². The molecule has 0 bridgehead atoms. The summed E-state index contributed by atoms with van der Waals surface area (Å²) >= 11 is 5.96. The largest absolute Gasteiger partial charge is 0.345 e. The maximum Gasteiger partial charge on any atom is 0.254 e. The molecule has 94 valence electrons. The Bertz CT molecular complexity index is 582. The molecule has 0 spiro atoms. The summed E-state index contributed by atoms with van der Waals surface area (Å²) in [6, 6.07) is 1.63. The predicted octanol–water partition coefficient (Wildman–Crippen LogP) is 1.66. The topological polar surface area (TPSA) is 80.9 Å². The van der Waals surface area contributed by atoms with Crippen molar-refractivity contribution in [2.24, 2.45) is 0 Å². The Labute approximate surface area is 108 Å². The first kappa shape index (κ1) is 12.5. The van der Waals surface area contributed by atoms with Crippen molar-refractivity contribution in [2.75, 3.05) is 0 Å². The summed E-state index contributed by atoms with van der Waals surface area (Å²) < 4.78 is 4.79. The van der Waals surface area contributed by atoms with Crippen LogP contribution in [0, 0.1) is 13.8 Å². The van der Waals surface area contributed by atoms with Crippen LogP contribution in [0.1, 0.15) is 27.8 Å². The Morgan fingerprint density at radius 2 is 2.28 bits per heavy atom. The number of rotatable bonds is 3. The monoisotopic (exact) mass is 266 g/mol. The van der Waals surface area contributed by atoms with Gasteiger partial charge in [0, 0.05) is 18.8 Å². The van der Waals surface area contributed by atoms with E-state index in [0.717, 1.165) is 5.69 Å². The quantitative estimate of drug-likeness (QED) is 0.914. The number of amides is 1. The fourth-order valence-corrected chi connectivity index (χ4v) is 1.65. The molecule has 0 radical (unpaired) electrons. The van der Waals surface area contributed by atoms with Gasteiger partial charge in [-0.3, -0.25) is 9.78 Å². The third kappa shape index (κ3) is 2.84. The molecule has 0 aliphatic carbocycles. The van der Waals surface area contributed by atoms with Gasteiger partial charge in [0.25, 0.3) is 5.91 Å². The average Bonchev–Trinajstić information content (AvgIpc) is 2.72. The number of aryl methyl sites for hydroxylation is 2. The number of aromatic nitrogens is 3. The summed E-state index contributed by atoms with van der Waals surface area (Å²) in [5.74, 6) is 0.543. The first-order valence-corrected chi connectivity index (χ1v) is 5.63. The highest BCUT2D eigenvalue weighted by atomic mass is 35.5. The summed E-state index contributed by atoms with van der Waals surface area (Å²) in [6.45, 7) is 3.66. The standard InChI is InChI=1S/C11H11ClN4O2/c1-6-3-9(12)8(4-13-6)11(17)14-5-10-15-7(2)18-16-10/h3-4H,5H2,1-2H3,(H,14,17). The van der Waals surface area contributed by atoms with Crippen molar-refractivity contribution in [2.45, 2.75) is 20.4 Å². The van der Waals surface area contributed by atoms with Gasteiger partial charge in [0.2, 0.25) is 5.89 Å². The second-order valence-corrected chi connectivity index (χ2v) is 4.13. The van der Waals surface area contributed by atoms with E-state index in [-0.39, 0.29) is 12.5 Å². The van der Waals surface area contributed by atoms with Gasteiger partial charge >= 0.3 is 0 Å². The van der Waals surface area contributed by atoms with Crippen molar-refractivity contribution < 1.29 is 9.32 Å². The van der Waals surface area contributed by atoms with E-state index in [2.05, 4.69) is 20.4 Å². The molecular formula is C11H11ClN4O2. The number of hydrogen-bond donors (Lipinski definition) is 1. The summed E-state index contributed by atoms with van der Waals surface area (Å²) in [7, 11) is 0. The maximum absolute atomic E-state index is 11.8. The van der Waals surface area contributed by atoms with Crippen LogP contribution < -0.4 is 5.32 Å². The summed E-state index contributed by atoms with van der Waals surface area (Å²) in [4.78, 5) is 19.8. The Balaban J connectivity index is 2.03. The zero-order valence-corrected chi connectivity index (χ0v) is 10.7. The lowest BCUT2D eigenvalue weighted by Crippen LogP contribution is -2.24. The molecule has 0 aliphatic heterocycles. The van der Waals surface area contributed by atoms with Gasteiger partial charge in [0.15, 0.2) is 5.82 Å². The molecule has 1 N–H and O–H groups in total. The van der Waals surface area contributed by atoms with Gasteiger partial charge in [-0.05, 0) is 13.0 Å². The van der Waals surface area contributed by atoms with E-state index in [4.69, 9.17) is 16.1 Å². The molecule has 0 atom stereocenters. The van der Waals surface area contributed by atoms with Crippen molar-refractivity contribution in [3.8, 4) is 0 Å². The molecule has 0 aliphatic rings. The van der Waals surface area contributed by atoms with Gasteiger partial charge in [0.1, 0.15) is 0 Å². The van der Waals surface area contributed by atoms with Gasteiger partial charge < -0.3 is 9.84 Å². The second-order valence-electron chi connectivity index (χ2n) is 3.72. The van der Waals surface area contributed by atoms with Crippen molar-refractivity contribution >= 4 is 17.5 Å². The Morgan fingerprint density at radius 3 is 2.89 bits per heavy atom. The third-order valence-electron chi connectivity index (χ3n) is 2.21. The molecule has 0 saturated heterocycles. The number of nitrogens with one attached hydrogen (secondary N) is 1. The van der Waals surface area contributed by atoms with Gasteiger partial charge in [-0.25, -0.2) is 0 Å². The summed E-state index contributed by atoms with van der Waals surface area (Å²) in [6.07, 6.45) is 1.44. The Morgan fingerprint density at radius 1 is 1.50 bits per heavy atom. The number of nitrogens with zero attached hydrogens (tertiary/aromatic N) is 3. The van der Waals surface area contributed by atoms with Crippen LogP contribution in [0.15, 0.2) is 16.8 Å². The number of carbonyl (C=O) groups is 1. The van der Waals surface area contributed by atoms with E-state index in [1.54, 1.807) is 19.9 Å². The molecule has 6 nitrogen and oxygen atoms in total. The maximum atomic E-state index is 11.8. The lowest BCUT2D eigenvalue weighted by molar-refractivity contribution is 0.0949. The summed E-state index contributed by atoms with van der Waals surface area (Å²) in [5.41, 5.74) is 1.08. The van der Waals surface area contributed by atoms with Crippen LogP contribution in [0.2, 0.25) is 5.02 Å². The molecule has 0 fully saturated rings. The van der Waals surface area contributed by atoms with Crippen LogP contribution in [-0.2, 0) is 6.54 Å². The summed E-state index contributed by atoms with van der Waals surface area (Å²) in [5, 5.41) is 6.67. The normalized spacial score (nSPS) is 10.4. The van der Waals surface area contributed by atoms with Gasteiger partial charge in [-0.2, -0.15) is 4.98 Å². The fraction of sp³-hybridized carbons (Fsp3) is 0.273. The molecule has 0 unspecified atom stereocenters. The van der Waals surface area contributed by atoms with Gasteiger partial charge in [-0.1, -0.05) is 16.8 Å². The smallest absolute Gasteiger partial charge is 0.254 e.